The molecule has 1 aliphatic rings. The number of anilines is 1. The van der Waals surface area contributed by atoms with Gasteiger partial charge in [-0.25, -0.2) is 0 Å². The van der Waals surface area contributed by atoms with Crippen LogP contribution in [0.1, 0.15) is 37.3 Å². The number of para-hydroxylation sites is 1. The first-order chi connectivity index (χ1) is 13.2. The zero-order valence-corrected chi connectivity index (χ0v) is 16.4. The van der Waals surface area contributed by atoms with Crippen LogP contribution < -0.4 is 15.0 Å². The smallest absolute Gasteiger partial charge is 0.261 e. The summed E-state index contributed by atoms with van der Waals surface area (Å²) in [6.07, 6.45) is 3.51. The number of fused-ring (bicyclic) bond motifs is 1. The fourth-order valence-electron chi connectivity index (χ4n) is 3.54. The maximum Gasteiger partial charge on any atom is 0.261 e. The number of benzene rings is 2. The summed E-state index contributed by atoms with van der Waals surface area (Å²) in [7, 11) is 0. The van der Waals surface area contributed by atoms with Crippen LogP contribution in [0.4, 0.5) is 5.69 Å². The lowest BCUT2D eigenvalue weighted by atomic mass is 10.0. The molecular formula is C23H30N2O2. The van der Waals surface area contributed by atoms with E-state index in [2.05, 4.69) is 34.5 Å². The monoisotopic (exact) mass is 366 g/mol. The van der Waals surface area contributed by atoms with Crippen molar-refractivity contribution >= 4 is 11.6 Å². The molecule has 144 valence electrons. The van der Waals surface area contributed by atoms with Gasteiger partial charge in [0.1, 0.15) is 5.75 Å². The Morgan fingerprint density at radius 3 is 2.74 bits per heavy atom. The molecule has 0 spiro atoms. The molecule has 0 aromatic heterocycles. The Kier molecular flexibility index (Phi) is 6.74. The van der Waals surface area contributed by atoms with E-state index in [0.29, 0.717) is 13.0 Å². The van der Waals surface area contributed by atoms with Gasteiger partial charge in [-0.05, 0) is 56.4 Å². The molecule has 27 heavy (non-hydrogen) atoms. The fourth-order valence-corrected chi connectivity index (χ4v) is 3.54. The van der Waals surface area contributed by atoms with Gasteiger partial charge in [-0.1, -0.05) is 42.8 Å². The molecule has 0 radical (unpaired) electrons. The van der Waals surface area contributed by atoms with Crippen LogP contribution in [-0.4, -0.2) is 31.6 Å². The fraction of sp³-hybridized carbons (Fsp3) is 0.435. The summed E-state index contributed by atoms with van der Waals surface area (Å²) in [5.74, 6) is 0.713. The number of nitrogens with one attached hydrogen (secondary N) is 1. The maximum absolute atomic E-state index is 12.4. The Morgan fingerprint density at radius 2 is 1.96 bits per heavy atom. The highest BCUT2D eigenvalue weighted by molar-refractivity contribution is 5.81. The van der Waals surface area contributed by atoms with Gasteiger partial charge in [-0.2, -0.15) is 0 Å². The normalized spacial score (nSPS) is 14.4. The van der Waals surface area contributed by atoms with Crippen molar-refractivity contribution in [1.29, 1.82) is 0 Å². The first kappa shape index (κ1) is 19.3. The molecule has 2 aromatic carbocycles. The Hall–Kier alpha value is -2.49. The Morgan fingerprint density at radius 1 is 1.19 bits per heavy atom. The predicted molar refractivity (Wildman–Crippen MR) is 110 cm³/mol. The molecule has 1 N–H and O–H groups in total. The molecule has 1 atom stereocenters. The van der Waals surface area contributed by atoms with Gasteiger partial charge in [0.05, 0.1) is 0 Å². The Balaban J connectivity index is 1.44. The summed E-state index contributed by atoms with van der Waals surface area (Å²) in [4.78, 5) is 14.9. The molecule has 0 saturated heterocycles. The third-order valence-corrected chi connectivity index (χ3v) is 5.07. The predicted octanol–water partition coefficient (Wildman–Crippen LogP) is 4.11. The van der Waals surface area contributed by atoms with E-state index in [0.717, 1.165) is 31.7 Å². The summed E-state index contributed by atoms with van der Waals surface area (Å²) in [6.45, 7) is 6.74. The molecule has 4 heteroatoms. The van der Waals surface area contributed by atoms with Crippen LogP contribution in [0.5, 0.6) is 5.75 Å². The lowest BCUT2D eigenvalue weighted by molar-refractivity contribution is -0.128. The third-order valence-electron chi connectivity index (χ3n) is 5.07. The topological polar surface area (TPSA) is 41.6 Å². The van der Waals surface area contributed by atoms with Crippen molar-refractivity contribution in [3.8, 4) is 5.75 Å². The molecule has 1 aliphatic heterocycles. The Labute approximate surface area is 162 Å². The molecule has 0 fully saturated rings. The minimum atomic E-state index is -0.441. The van der Waals surface area contributed by atoms with E-state index in [1.165, 1.54) is 23.2 Å². The standard InChI is InChI=1S/C23H30N2O2/c1-3-22(27-20-13-11-18(2)12-14-20)23(26)24-15-7-17-25-16-6-9-19-8-4-5-10-21(19)25/h4-5,8,10-14,22H,3,6-7,9,15-17H2,1-2H3,(H,24,26)/t22-/m0/s1. The van der Waals surface area contributed by atoms with E-state index >= 15 is 0 Å². The number of aryl methyl sites for hydroxylation is 2. The molecule has 1 heterocycles. The van der Waals surface area contributed by atoms with Gasteiger partial charge < -0.3 is 15.0 Å². The second kappa shape index (κ2) is 9.45. The average molecular weight is 367 g/mol. The molecule has 2 aromatic rings. The van der Waals surface area contributed by atoms with Crippen LogP contribution in [0.2, 0.25) is 0 Å². The SMILES string of the molecule is CC[C@H](Oc1ccc(C)cc1)C(=O)NCCCN1CCCc2ccccc21. The maximum atomic E-state index is 12.4. The second-order valence-electron chi connectivity index (χ2n) is 7.19. The number of nitrogens with zero attached hydrogens (tertiary/aromatic N) is 1. The molecule has 0 saturated carbocycles. The molecule has 0 bridgehead atoms. The number of carbonyl (C=O) groups is 1. The summed E-state index contributed by atoms with van der Waals surface area (Å²) in [5.41, 5.74) is 3.97. The van der Waals surface area contributed by atoms with Crippen molar-refractivity contribution in [2.75, 3.05) is 24.5 Å². The van der Waals surface area contributed by atoms with Crippen LogP contribution in [0.3, 0.4) is 0 Å². The summed E-state index contributed by atoms with van der Waals surface area (Å²) in [5, 5.41) is 3.04. The summed E-state index contributed by atoms with van der Waals surface area (Å²) < 4.78 is 5.85. The third kappa shape index (κ3) is 5.25. The van der Waals surface area contributed by atoms with E-state index in [1.807, 2.05) is 38.1 Å². The molecule has 1 amide bonds. The lowest BCUT2D eigenvalue weighted by Crippen LogP contribution is -2.39. The van der Waals surface area contributed by atoms with Gasteiger partial charge in [0.25, 0.3) is 5.91 Å². The summed E-state index contributed by atoms with van der Waals surface area (Å²) >= 11 is 0. The largest absolute Gasteiger partial charge is 0.481 e. The highest BCUT2D eigenvalue weighted by Crippen LogP contribution is 2.26. The minimum absolute atomic E-state index is 0.0304. The molecule has 4 nitrogen and oxygen atoms in total. The van der Waals surface area contributed by atoms with E-state index < -0.39 is 6.10 Å². The van der Waals surface area contributed by atoms with Crippen LogP contribution >= 0.6 is 0 Å². The van der Waals surface area contributed by atoms with E-state index in [4.69, 9.17) is 4.74 Å². The molecule has 0 unspecified atom stereocenters. The quantitative estimate of drug-likeness (QED) is 0.715. The molecular weight excluding hydrogens is 336 g/mol. The lowest BCUT2D eigenvalue weighted by Gasteiger charge is -2.31. The van der Waals surface area contributed by atoms with Gasteiger partial charge in [-0.15, -0.1) is 0 Å². The van der Waals surface area contributed by atoms with Gasteiger partial charge >= 0.3 is 0 Å². The number of hydrogen-bond donors (Lipinski definition) is 1. The van der Waals surface area contributed by atoms with Crippen molar-refractivity contribution in [2.45, 2.75) is 45.6 Å². The number of amides is 1. The van der Waals surface area contributed by atoms with Crippen LogP contribution in [0.25, 0.3) is 0 Å². The molecule has 0 aliphatic carbocycles. The van der Waals surface area contributed by atoms with Gasteiger partial charge in [0.2, 0.25) is 0 Å². The van der Waals surface area contributed by atoms with Crippen molar-refractivity contribution in [3.05, 3.63) is 59.7 Å². The molecule has 3 rings (SSSR count). The van der Waals surface area contributed by atoms with Gasteiger partial charge in [0.15, 0.2) is 6.10 Å². The van der Waals surface area contributed by atoms with Crippen molar-refractivity contribution in [1.82, 2.24) is 5.32 Å². The number of hydrogen-bond acceptors (Lipinski definition) is 3. The van der Waals surface area contributed by atoms with E-state index in [9.17, 15) is 4.79 Å². The van der Waals surface area contributed by atoms with E-state index in [-0.39, 0.29) is 5.91 Å². The number of carbonyl (C=O) groups excluding carboxylic acids is 1. The summed E-state index contributed by atoms with van der Waals surface area (Å²) in [6, 6.07) is 16.5. The van der Waals surface area contributed by atoms with Crippen LogP contribution in [0, 0.1) is 6.92 Å². The first-order valence-electron chi connectivity index (χ1n) is 10.0. The van der Waals surface area contributed by atoms with Crippen molar-refractivity contribution < 1.29 is 9.53 Å². The van der Waals surface area contributed by atoms with Gasteiger partial charge in [0, 0.05) is 25.3 Å². The van der Waals surface area contributed by atoms with Crippen molar-refractivity contribution in [2.24, 2.45) is 0 Å². The van der Waals surface area contributed by atoms with Crippen LogP contribution in [0.15, 0.2) is 48.5 Å². The number of rotatable bonds is 8. The zero-order valence-electron chi connectivity index (χ0n) is 16.4. The second-order valence-corrected chi connectivity index (χ2v) is 7.19. The highest BCUT2D eigenvalue weighted by Gasteiger charge is 2.19. The van der Waals surface area contributed by atoms with E-state index in [1.54, 1.807) is 0 Å². The minimum Gasteiger partial charge on any atom is -0.481 e. The zero-order chi connectivity index (χ0) is 19.1. The average Bonchev–Trinajstić information content (AvgIpc) is 2.70. The number of ether oxygens (including phenoxy) is 1. The first-order valence-corrected chi connectivity index (χ1v) is 10.0. The van der Waals surface area contributed by atoms with Crippen molar-refractivity contribution in [3.63, 3.8) is 0 Å². The van der Waals surface area contributed by atoms with Crippen LogP contribution in [-0.2, 0) is 11.2 Å². The highest BCUT2D eigenvalue weighted by atomic mass is 16.5. The van der Waals surface area contributed by atoms with Gasteiger partial charge in [-0.3, -0.25) is 4.79 Å². The Bertz CT molecular complexity index is 742.